The van der Waals surface area contributed by atoms with Crippen LogP contribution in [0, 0.1) is 20.8 Å². The summed E-state index contributed by atoms with van der Waals surface area (Å²) in [5, 5.41) is 5.68. The van der Waals surface area contributed by atoms with Crippen molar-refractivity contribution in [1.29, 1.82) is 0 Å². The van der Waals surface area contributed by atoms with Gasteiger partial charge in [0.05, 0.1) is 16.1 Å². The van der Waals surface area contributed by atoms with Crippen LogP contribution in [0.3, 0.4) is 0 Å². The van der Waals surface area contributed by atoms with E-state index < -0.39 is 0 Å². The highest BCUT2D eigenvalue weighted by atomic mass is 32.1. The molecule has 0 atom stereocenters. The maximum Gasteiger partial charge on any atom is 0.253 e. The second kappa shape index (κ2) is 7.81. The number of aryl methyl sites for hydroxylation is 3. The summed E-state index contributed by atoms with van der Waals surface area (Å²) in [4.78, 5) is 22.1. The molecule has 0 radical (unpaired) electrons. The predicted octanol–water partition coefficient (Wildman–Crippen LogP) is 4.37. The van der Waals surface area contributed by atoms with Crippen LogP contribution < -0.4 is 4.90 Å². The SMILES string of the molecule is Cc1ccc(C(=O)N2CCN(c3nc4c(s3)c(C)nn4-c3ccccc3)CC2)cc1C. The molecule has 0 saturated carbocycles. The highest BCUT2D eigenvalue weighted by Crippen LogP contribution is 2.33. The van der Waals surface area contributed by atoms with Gasteiger partial charge in [0.25, 0.3) is 5.91 Å². The lowest BCUT2D eigenvalue weighted by Gasteiger charge is -2.34. The van der Waals surface area contributed by atoms with Crippen molar-refractivity contribution >= 4 is 32.7 Å². The molecular weight excluding hydrogens is 406 g/mol. The highest BCUT2D eigenvalue weighted by molar-refractivity contribution is 7.22. The normalized spacial score (nSPS) is 14.4. The van der Waals surface area contributed by atoms with E-state index in [1.165, 1.54) is 5.56 Å². The first kappa shape index (κ1) is 19.8. The number of hydrogen-bond acceptors (Lipinski definition) is 5. The van der Waals surface area contributed by atoms with Crippen molar-refractivity contribution in [2.24, 2.45) is 0 Å². The number of para-hydroxylation sites is 1. The predicted molar refractivity (Wildman–Crippen MR) is 126 cm³/mol. The Morgan fingerprint density at radius 2 is 1.68 bits per heavy atom. The van der Waals surface area contributed by atoms with Crippen LogP contribution in [0.25, 0.3) is 16.0 Å². The number of carbonyl (C=O) groups excluding carboxylic acids is 1. The second-order valence-electron chi connectivity index (χ2n) is 8.06. The molecule has 5 rings (SSSR count). The van der Waals surface area contributed by atoms with E-state index in [-0.39, 0.29) is 5.91 Å². The number of fused-ring (bicyclic) bond motifs is 1. The molecule has 2 aromatic heterocycles. The summed E-state index contributed by atoms with van der Waals surface area (Å²) in [7, 11) is 0. The summed E-state index contributed by atoms with van der Waals surface area (Å²) in [6.45, 7) is 9.12. The second-order valence-corrected chi connectivity index (χ2v) is 9.04. The molecule has 0 bridgehead atoms. The van der Waals surface area contributed by atoms with Gasteiger partial charge < -0.3 is 9.80 Å². The topological polar surface area (TPSA) is 54.3 Å². The lowest BCUT2D eigenvalue weighted by Crippen LogP contribution is -2.48. The average Bonchev–Trinajstić information content (AvgIpc) is 3.36. The number of aromatic nitrogens is 3. The van der Waals surface area contributed by atoms with Crippen molar-refractivity contribution in [3.05, 3.63) is 70.9 Å². The van der Waals surface area contributed by atoms with Crippen molar-refractivity contribution < 1.29 is 4.79 Å². The fourth-order valence-corrected chi connectivity index (χ4v) is 5.00. The summed E-state index contributed by atoms with van der Waals surface area (Å²) < 4.78 is 3.04. The lowest BCUT2D eigenvalue weighted by atomic mass is 10.1. The summed E-state index contributed by atoms with van der Waals surface area (Å²) >= 11 is 1.68. The molecule has 6 nitrogen and oxygen atoms in total. The third-order valence-electron chi connectivity index (χ3n) is 5.97. The van der Waals surface area contributed by atoms with E-state index in [1.807, 2.05) is 65.0 Å². The molecule has 0 unspecified atom stereocenters. The van der Waals surface area contributed by atoms with Crippen LogP contribution in [0.1, 0.15) is 27.2 Å². The zero-order chi connectivity index (χ0) is 21.5. The van der Waals surface area contributed by atoms with Crippen molar-refractivity contribution in [3.8, 4) is 5.69 Å². The molecule has 0 N–H and O–H groups in total. The van der Waals surface area contributed by atoms with Crippen LogP contribution >= 0.6 is 11.3 Å². The zero-order valence-corrected chi connectivity index (χ0v) is 18.8. The summed E-state index contributed by atoms with van der Waals surface area (Å²) in [6, 6.07) is 16.1. The molecule has 2 aromatic carbocycles. The monoisotopic (exact) mass is 431 g/mol. The van der Waals surface area contributed by atoms with Crippen LogP contribution in [0.4, 0.5) is 5.13 Å². The largest absolute Gasteiger partial charge is 0.344 e. The van der Waals surface area contributed by atoms with Gasteiger partial charge in [0.15, 0.2) is 10.8 Å². The molecule has 1 aliphatic rings. The van der Waals surface area contributed by atoms with Crippen molar-refractivity contribution in [2.45, 2.75) is 20.8 Å². The van der Waals surface area contributed by atoms with Crippen LogP contribution in [0.15, 0.2) is 48.5 Å². The van der Waals surface area contributed by atoms with Crippen LogP contribution in [0.5, 0.6) is 0 Å². The van der Waals surface area contributed by atoms with E-state index in [9.17, 15) is 4.79 Å². The summed E-state index contributed by atoms with van der Waals surface area (Å²) in [5.41, 5.74) is 6.04. The standard InChI is InChI=1S/C24H25N5OS/c1-16-9-10-19(15-17(16)2)23(30)27-11-13-28(14-12-27)24-25-22-21(31-24)18(3)26-29(22)20-7-5-4-6-8-20/h4-10,15H,11-14H2,1-3H3. The number of thiazole rings is 1. The minimum absolute atomic E-state index is 0.114. The van der Waals surface area contributed by atoms with E-state index in [1.54, 1.807) is 11.3 Å². The quantitative estimate of drug-likeness (QED) is 0.483. The van der Waals surface area contributed by atoms with Gasteiger partial charge in [0, 0.05) is 31.7 Å². The maximum absolute atomic E-state index is 12.9. The van der Waals surface area contributed by atoms with Crippen molar-refractivity contribution in [1.82, 2.24) is 19.7 Å². The van der Waals surface area contributed by atoms with Crippen LogP contribution in [-0.2, 0) is 0 Å². The van der Waals surface area contributed by atoms with Gasteiger partial charge >= 0.3 is 0 Å². The number of hydrogen-bond donors (Lipinski definition) is 0. The Morgan fingerprint density at radius 1 is 0.935 bits per heavy atom. The molecule has 158 valence electrons. The molecule has 3 heterocycles. The molecule has 7 heteroatoms. The Kier molecular flexibility index (Phi) is 4.98. The van der Waals surface area contributed by atoms with Gasteiger partial charge in [0.2, 0.25) is 0 Å². The average molecular weight is 432 g/mol. The van der Waals surface area contributed by atoms with Crippen LogP contribution in [0.2, 0.25) is 0 Å². The van der Waals surface area contributed by atoms with Gasteiger partial charge in [-0.3, -0.25) is 4.79 Å². The van der Waals surface area contributed by atoms with E-state index >= 15 is 0 Å². The minimum Gasteiger partial charge on any atom is -0.344 e. The molecule has 1 aliphatic heterocycles. The molecule has 1 fully saturated rings. The Morgan fingerprint density at radius 3 is 2.39 bits per heavy atom. The van der Waals surface area contributed by atoms with Crippen LogP contribution in [-0.4, -0.2) is 51.8 Å². The summed E-state index contributed by atoms with van der Waals surface area (Å²) in [5.74, 6) is 0.114. The van der Waals surface area contributed by atoms with E-state index in [0.717, 1.165) is 51.1 Å². The number of amides is 1. The third kappa shape index (κ3) is 3.59. The van der Waals surface area contributed by atoms with E-state index in [2.05, 4.69) is 23.8 Å². The molecule has 4 aromatic rings. The van der Waals surface area contributed by atoms with Gasteiger partial charge in [0.1, 0.15) is 0 Å². The summed E-state index contributed by atoms with van der Waals surface area (Å²) in [6.07, 6.45) is 0. The number of rotatable bonds is 3. The van der Waals surface area contributed by atoms with Crippen molar-refractivity contribution in [2.75, 3.05) is 31.1 Å². The Labute approximate surface area is 185 Å². The molecule has 31 heavy (non-hydrogen) atoms. The number of piperazine rings is 1. The highest BCUT2D eigenvalue weighted by Gasteiger charge is 2.25. The van der Waals surface area contributed by atoms with Gasteiger partial charge in [-0.05, 0) is 56.2 Å². The first-order chi connectivity index (χ1) is 15.0. The van der Waals surface area contributed by atoms with Crippen molar-refractivity contribution in [3.63, 3.8) is 0 Å². The first-order valence-corrected chi connectivity index (χ1v) is 11.4. The smallest absolute Gasteiger partial charge is 0.253 e. The van der Waals surface area contributed by atoms with Gasteiger partial charge in [-0.1, -0.05) is 35.6 Å². The Hall–Kier alpha value is -3.19. The molecular formula is C24H25N5OS. The van der Waals surface area contributed by atoms with Gasteiger partial charge in [-0.2, -0.15) is 10.1 Å². The molecule has 0 aliphatic carbocycles. The van der Waals surface area contributed by atoms with E-state index in [4.69, 9.17) is 4.98 Å². The number of anilines is 1. The fourth-order valence-electron chi connectivity index (χ4n) is 3.97. The Balaban J connectivity index is 1.34. The maximum atomic E-state index is 12.9. The minimum atomic E-state index is 0.114. The molecule has 1 amide bonds. The van der Waals surface area contributed by atoms with Gasteiger partial charge in [-0.15, -0.1) is 0 Å². The lowest BCUT2D eigenvalue weighted by molar-refractivity contribution is 0.0746. The Bertz CT molecular complexity index is 1250. The van der Waals surface area contributed by atoms with Gasteiger partial charge in [-0.25, -0.2) is 4.68 Å². The fraction of sp³-hybridized carbons (Fsp3) is 0.292. The first-order valence-electron chi connectivity index (χ1n) is 10.5. The number of nitrogens with zero attached hydrogens (tertiary/aromatic N) is 5. The molecule has 0 spiro atoms. The zero-order valence-electron chi connectivity index (χ0n) is 18.0. The van der Waals surface area contributed by atoms with E-state index in [0.29, 0.717) is 13.1 Å². The third-order valence-corrected chi connectivity index (χ3v) is 7.18. The number of benzene rings is 2. The molecule has 1 saturated heterocycles. The number of carbonyl (C=O) groups is 1.